The standard InChI is InChI=1S/C10H14N2/c1-3-11-9-5-7(1)8-2-4-12-10(9)6-8/h1-4,7-12H,5-6H2. The summed E-state index contributed by atoms with van der Waals surface area (Å²) in [5.74, 6) is 1.59. The maximum absolute atomic E-state index is 3.43. The highest BCUT2D eigenvalue weighted by atomic mass is 15.0. The first kappa shape index (κ1) is 6.58. The second-order valence-electron chi connectivity index (χ2n) is 4.06. The molecule has 1 aliphatic carbocycles. The molecule has 1 fully saturated rings. The molecule has 0 aromatic rings. The lowest BCUT2D eigenvalue weighted by Crippen LogP contribution is -2.54. The van der Waals surface area contributed by atoms with Gasteiger partial charge in [-0.05, 0) is 37.1 Å². The van der Waals surface area contributed by atoms with Gasteiger partial charge < -0.3 is 10.6 Å². The normalized spacial score (nSPS) is 48.0. The lowest BCUT2D eigenvalue weighted by atomic mass is 9.72. The predicted molar refractivity (Wildman–Crippen MR) is 48.3 cm³/mol. The van der Waals surface area contributed by atoms with Crippen LogP contribution in [-0.4, -0.2) is 12.1 Å². The highest BCUT2D eigenvalue weighted by molar-refractivity contribution is 5.14. The topological polar surface area (TPSA) is 24.1 Å². The van der Waals surface area contributed by atoms with Crippen LogP contribution in [0.1, 0.15) is 12.8 Å². The van der Waals surface area contributed by atoms with Crippen LogP contribution < -0.4 is 10.6 Å². The summed E-state index contributed by atoms with van der Waals surface area (Å²) in [4.78, 5) is 0. The van der Waals surface area contributed by atoms with Crippen molar-refractivity contribution in [3.8, 4) is 0 Å². The van der Waals surface area contributed by atoms with Crippen molar-refractivity contribution in [2.75, 3.05) is 0 Å². The van der Waals surface area contributed by atoms with Gasteiger partial charge in [0.25, 0.3) is 0 Å². The molecule has 0 aromatic carbocycles. The first-order valence-electron chi connectivity index (χ1n) is 4.79. The Kier molecular flexibility index (Phi) is 1.25. The zero-order chi connectivity index (χ0) is 7.97. The van der Waals surface area contributed by atoms with E-state index < -0.39 is 0 Å². The van der Waals surface area contributed by atoms with Gasteiger partial charge in [-0.3, -0.25) is 0 Å². The Balaban J connectivity index is 1.97. The second-order valence-corrected chi connectivity index (χ2v) is 4.06. The largest absolute Gasteiger partial charge is 0.386 e. The Morgan fingerprint density at radius 2 is 1.33 bits per heavy atom. The molecule has 3 rings (SSSR count). The van der Waals surface area contributed by atoms with Gasteiger partial charge in [-0.15, -0.1) is 0 Å². The number of allylic oxidation sites excluding steroid dienone is 2. The summed E-state index contributed by atoms with van der Waals surface area (Å²) in [5.41, 5.74) is 0. The SMILES string of the molecule is C1=CC2CC(N1)C1CC2C=CN1. The average molecular weight is 162 g/mol. The van der Waals surface area contributed by atoms with Crippen molar-refractivity contribution >= 4 is 0 Å². The third kappa shape index (κ3) is 0.808. The number of hydrogen-bond donors (Lipinski definition) is 2. The fraction of sp³-hybridized carbons (Fsp3) is 0.600. The molecule has 0 aromatic heterocycles. The first-order chi connectivity index (χ1) is 5.93. The number of fused-ring (bicyclic) bond motifs is 6. The summed E-state index contributed by atoms with van der Waals surface area (Å²) < 4.78 is 0. The number of rotatable bonds is 0. The van der Waals surface area contributed by atoms with Gasteiger partial charge >= 0.3 is 0 Å². The minimum absolute atomic E-state index is 0.668. The van der Waals surface area contributed by atoms with E-state index in [4.69, 9.17) is 0 Å². The summed E-state index contributed by atoms with van der Waals surface area (Å²) in [5, 5.41) is 6.86. The molecule has 0 spiro atoms. The third-order valence-electron chi connectivity index (χ3n) is 3.40. The zero-order valence-electron chi connectivity index (χ0n) is 7.03. The molecule has 0 saturated heterocycles. The molecule has 2 nitrogen and oxygen atoms in total. The molecule has 12 heavy (non-hydrogen) atoms. The molecule has 3 aliphatic rings. The quantitative estimate of drug-likeness (QED) is 0.555. The Bertz CT molecular complexity index is 218. The molecule has 4 atom stereocenters. The van der Waals surface area contributed by atoms with Gasteiger partial charge in [-0.25, -0.2) is 0 Å². The van der Waals surface area contributed by atoms with E-state index in [1.807, 2.05) is 0 Å². The molecule has 0 amide bonds. The smallest absolute Gasteiger partial charge is 0.0463 e. The van der Waals surface area contributed by atoms with Crippen molar-refractivity contribution in [1.82, 2.24) is 10.6 Å². The third-order valence-corrected chi connectivity index (χ3v) is 3.40. The Hall–Kier alpha value is -0.920. The van der Waals surface area contributed by atoms with E-state index in [0.717, 1.165) is 11.8 Å². The van der Waals surface area contributed by atoms with Crippen molar-refractivity contribution in [3.63, 3.8) is 0 Å². The van der Waals surface area contributed by atoms with Crippen LogP contribution in [-0.2, 0) is 0 Å². The van der Waals surface area contributed by atoms with Gasteiger partial charge in [0.2, 0.25) is 0 Å². The Morgan fingerprint density at radius 3 is 1.83 bits per heavy atom. The molecule has 2 heterocycles. The summed E-state index contributed by atoms with van der Waals surface area (Å²) in [6.07, 6.45) is 11.5. The van der Waals surface area contributed by atoms with Gasteiger partial charge in [0.15, 0.2) is 0 Å². The molecule has 4 unspecified atom stereocenters. The second kappa shape index (κ2) is 2.28. The van der Waals surface area contributed by atoms with E-state index in [0.29, 0.717) is 12.1 Å². The lowest BCUT2D eigenvalue weighted by Gasteiger charge is -2.44. The van der Waals surface area contributed by atoms with Crippen molar-refractivity contribution in [2.24, 2.45) is 11.8 Å². The molecular weight excluding hydrogens is 148 g/mol. The van der Waals surface area contributed by atoms with Crippen LogP contribution in [0.15, 0.2) is 24.6 Å². The number of hydrogen-bond acceptors (Lipinski definition) is 2. The van der Waals surface area contributed by atoms with Gasteiger partial charge in [0, 0.05) is 12.1 Å². The molecule has 1 saturated carbocycles. The summed E-state index contributed by atoms with van der Waals surface area (Å²) in [7, 11) is 0. The van der Waals surface area contributed by atoms with Crippen LogP contribution in [0.2, 0.25) is 0 Å². The van der Waals surface area contributed by atoms with E-state index in [2.05, 4.69) is 35.2 Å². The molecule has 64 valence electrons. The van der Waals surface area contributed by atoms with E-state index >= 15 is 0 Å². The van der Waals surface area contributed by atoms with E-state index in [-0.39, 0.29) is 0 Å². The highest BCUT2D eigenvalue weighted by Crippen LogP contribution is 2.36. The van der Waals surface area contributed by atoms with Crippen molar-refractivity contribution < 1.29 is 0 Å². The van der Waals surface area contributed by atoms with Gasteiger partial charge in [0.1, 0.15) is 0 Å². The van der Waals surface area contributed by atoms with Gasteiger partial charge in [-0.1, -0.05) is 12.2 Å². The van der Waals surface area contributed by atoms with Crippen LogP contribution in [0.3, 0.4) is 0 Å². The van der Waals surface area contributed by atoms with Crippen LogP contribution in [0.5, 0.6) is 0 Å². The molecule has 0 radical (unpaired) electrons. The fourth-order valence-corrected chi connectivity index (χ4v) is 2.68. The molecule has 2 aliphatic heterocycles. The molecule has 2 N–H and O–H groups in total. The van der Waals surface area contributed by atoms with Crippen molar-refractivity contribution in [3.05, 3.63) is 24.6 Å². The van der Waals surface area contributed by atoms with E-state index in [1.54, 1.807) is 0 Å². The van der Waals surface area contributed by atoms with Crippen LogP contribution in [0, 0.1) is 11.8 Å². The summed E-state index contributed by atoms with van der Waals surface area (Å²) in [6.45, 7) is 0. The van der Waals surface area contributed by atoms with Crippen LogP contribution in [0.4, 0.5) is 0 Å². The van der Waals surface area contributed by atoms with Crippen molar-refractivity contribution in [1.29, 1.82) is 0 Å². The predicted octanol–water partition coefficient (Wildman–Crippen LogP) is 0.984. The van der Waals surface area contributed by atoms with Crippen LogP contribution in [0.25, 0.3) is 0 Å². The summed E-state index contributed by atoms with van der Waals surface area (Å²) in [6, 6.07) is 1.34. The van der Waals surface area contributed by atoms with Gasteiger partial charge in [0.05, 0.1) is 0 Å². The van der Waals surface area contributed by atoms with E-state index in [1.165, 1.54) is 12.8 Å². The first-order valence-corrected chi connectivity index (χ1v) is 4.79. The van der Waals surface area contributed by atoms with Gasteiger partial charge in [-0.2, -0.15) is 0 Å². The lowest BCUT2D eigenvalue weighted by molar-refractivity contribution is 0.208. The molecule has 4 bridgehead atoms. The molecule has 2 heteroatoms. The minimum Gasteiger partial charge on any atom is -0.386 e. The number of nitrogens with one attached hydrogen (secondary N) is 2. The van der Waals surface area contributed by atoms with E-state index in [9.17, 15) is 0 Å². The fourth-order valence-electron chi connectivity index (χ4n) is 2.68. The van der Waals surface area contributed by atoms with Crippen LogP contribution >= 0.6 is 0 Å². The Morgan fingerprint density at radius 1 is 0.833 bits per heavy atom. The Labute approximate surface area is 72.7 Å². The zero-order valence-corrected chi connectivity index (χ0v) is 7.03. The maximum Gasteiger partial charge on any atom is 0.0463 e. The molecular formula is C10H14N2. The minimum atomic E-state index is 0.668. The highest BCUT2D eigenvalue weighted by Gasteiger charge is 2.37. The monoisotopic (exact) mass is 162 g/mol. The van der Waals surface area contributed by atoms with Crippen molar-refractivity contribution in [2.45, 2.75) is 24.9 Å². The average Bonchev–Trinajstić information content (AvgIpc) is 2.17. The maximum atomic E-state index is 3.43. The summed E-state index contributed by atoms with van der Waals surface area (Å²) >= 11 is 0.